The number of nitrogens with two attached hydrogens (primary N) is 1. The number of aliphatic imine (C=N–C) groups is 1. The summed E-state index contributed by atoms with van der Waals surface area (Å²) < 4.78 is 0. The highest BCUT2D eigenvalue weighted by molar-refractivity contribution is 5.85. The van der Waals surface area contributed by atoms with E-state index in [9.17, 15) is 4.79 Å². The number of aromatic nitrogens is 1. The van der Waals surface area contributed by atoms with Crippen molar-refractivity contribution >= 4 is 12.1 Å². The SMILES string of the molecule is NC(=O)C(N=Cc1ccccc1)C1CCCCC1.c1ccncc1. The standard InChI is InChI=1S/C15H20N2O.C5H5N/c16-15(18)14(13-9-5-2-6-10-13)17-11-12-7-3-1-4-8-12;1-2-4-6-5-3-1/h1,3-4,7-8,11,13-14H,2,5-6,9-10H2,(H2,16,18);1-5H. The highest BCUT2D eigenvalue weighted by atomic mass is 16.1. The van der Waals surface area contributed by atoms with E-state index in [1.807, 2.05) is 48.5 Å². The molecule has 1 amide bonds. The predicted octanol–water partition coefficient (Wildman–Crippen LogP) is 3.62. The minimum atomic E-state index is -0.356. The quantitative estimate of drug-likeness (QED) is 0.873. The van der Waals surface area contributed by atoms with Gasteiger partial charge in [-0.05, 0) is 36.5 Å². The van der Waals surface area contributed by atoms with Crippen LogP contribution in [0.15, 0.2) is 65.9 Å². The van der Waals surface area contributed by atoms with E-state index in [0.717, 1.165) is 18.4 Å². The molecule has 1 saturated carbocycles. The Bertz CT molecular complexity index is 581. The highest BCUT2D eigenvalue weighted by Crippen LogP contribution is 2.27. The molecule has 1 atom stereocenters. The first kappa shape index (κ1) is 17.9. The Labute approximate surface area is 143 Å². The van der Waals surface area contributed by atoms with E-state index in [1.54, 1.807) is 18.6 Å². The summed E-state index contributed by atoms with van der Waals surface area (Å²) in [6, 6.07) is 15.2. The van der Waals surface area contributed by atoms with Crippen molar-refractivity contribution in [2.45, 2.75) is 38.1 Å². The number of amides is 1. The van der Waals surface area contributed by atoms with Crippen LogP contribution >= 0.6 is 0 Å². The maximum atomic E-state index is 11.5. The van der Waals surface area contributed by atoms with Crippen molar-refractivity contribution in [1.82, 2.24) is 4.98 Å². The topological polar surface area (TPSA) is 68.3 Å². The van der Waals surface area contributed by atoms with Crippen molar-refractivity contribution in [2.75, 3.05) is 0 Å². The van der Waals surface area contributed by atoms with Crippen molar-refractivity contribution in [3.8, 4) is 0 Å². The lowest BCUT2D eigenvalue weighted by molar-refractivity contribution is -0.120. The number of hydrogen-bond acceptors (Lipinski definition) is 3. The fourth-order valence-corrected chi connectivity index (χ4v) is 2.90. The van der Waals surface area contributed by atoms with Gasteiger partial charge >= 0.3 is 0 Å². The van der Waals surface area contributed by atoms with Crippen LogP contribution in [0, 0.1) is 5.92 Å². The molecular weight excluding hydrogens is 298 g/mol. The molecule has 1 unspecified atom stereocenters. The Morgan fingerprint density at radius 1 is 1.04 bits per heavy atom. The third-order valence-electron chi connectivity index (χ3n) is 4.14. The molecule has 0 spiro atoms. The maximum Gasteiger partial charge on any atom is 0.242 e. The third kappa shape index (κ3) is 6.32. The summed E-state index contributed by atoms with van der Waals surface area (Å²) in [5.74, 6) is 0.0327. The van der Waals surface area contributed by atoms with Crippen LogP contribution in [0.3, 0.4) is 0 Å². The van der Waals surface area contributed by atoms with Gasteiger partial charge in [-0.3, -0.25) is 14.8 Å². The van der Waals surface area contributed by atoms with Crippen LogP contribution in [-0.4, -0.2) is 23.1 Å². The van der Waals surface area contributed by atoms with Gasteiger partial charge < -0.3 is 5.73 Å². The molecule has 0 saturated heterocycles. The van der Waals surface area contributed by atoms with Crippen molar-refractivity contribution in [2.24, 2.45) is 16.6 Å². The summed E-state index contributed by atoms with van der Waals surface area (Å²) in [6.07, 6.45) is 11.1. The molecule has 4 heteroatoms. The minimum absolute atomic E-state index is 0.297. The number of carbonyl (C=O) groups excluding carboxylic acids is 1. The second-order valence-corrected chi connectivity index (χ2v) is 5.96. The molecule has 1 aromatic heterocycles. The summed E-state index contributed by atoms with van der Waals surface area (Å²) in [5.41, 5.74) is 6.49. The normalized spacial score (nSPS) is 16.2. The lowest BCUT2D eigenvalue weighted by Crippen LogP contribution is -2.35. The molecule has 1 aliphatic carbocycles. The second-order valence-electron chi connectivity index (χ2n) is 5.96. The van der Waals surface area contributed by atoms with Gasteiger partial charge in [-0.2, -0.15) is 0 Å². The summed E-state index contributed by atoms with van der Waals surface area (Å²) >= 11 is 0. The molecule has 2 N–H and O–H groups in total. The van der Waals surface area contributed by atoms with Crippen molar-refractivity contribution in [3.05, 3.63) is 66.5 Å². The van der Waals surface area contributed by atoms with Crippen LogP contribution < -0.4 is 5.73 Å². The molecule has 0 bridgehead atoms. The zero-order chi connectivity index (χ0) is 17.0. The smallest absolute Gasteiger partial charge is 0.242 e. The lowest BCUT2D eigenvalue weighted by Gasteiger charge is -2.25. The molecule has 24 heavy (non-hydrogen) atoms. The zero-order valence-corrected chi connectivity index (χ0v) is 13.9. The average molecular weight is 323 g/mol. The number of carbonyl (C=O) groups is 1. The van der Waals surface area contributed by atoms with E-state index in [-0.39, 0.29) is 11.9 Å². The number of pyridine rings is 1. The number of benzene rings is 1. The van der Waals surface area contributed by atoms with E-state index >= 15 is 0 Å². The van der Waals surface area contributed by atoms with Gasteiger partial charge in [0.05, 0.1) is 0 Å². The van der Waals surface area contributed by atoms with Gasteiger partial charge in [0.1, 0.15) is 6.04 Å². The number of primary amides is 1. The van der Waals surface area contributed by atoms with E-state index in [2.05, 4.69) is 9.98 Å². The molecule has 1 aliphatic rings. The van der Waals surface area contributed by atoms with Crippen molar-refractivity contribution < 1.29 is 4.79 Å². The second kappa shape index (κ2) is 10.3. The fraction of sp³-hybridized carbons (Fsp3) is 0.350. The monoisotopic (exact) mass is 323 g/mol. The van der Waals surface area contributed by atoms with Crippen molar-refractivity contribution in [1.29, 1.82) is 0 Å². The van der Waals surface area contributed by atoms with Gasteiger partial charge in [0.15, 0.2) is 0 Å². The molecule has 126 valence electrons. The Balaban J connectivity index is 0.000000292. The maximum absolute atomic E-state index is 11.5. The Kier molecular flexibility index (Phi) is 7.68. The fourth-order valence-electron chi connectivity index (χ4n) is 2.90. The summed E-state index contributed by atoms with van der Waals surface area (Å²) in [4.78, 5) is 19.7. The molecule has 0 aliphatic heterocycles. The summed E-state index contributed by atoms with van der Waals surface area (Å²) in [7, 11) is 0. The molecule has 1 fully saturated rings. The van der Waals surface area contributed by atoms with Gasteiger partial charge in [-0.1, -0.05) is 55.7 Å². The van der Waals surface area contributed by atoms with Gasteiger partial charge in [0.25, 0.3) is 0 Å². The largest absolute Gasteiger partial charge is 0.368 e. The molecule has 4 nitrogen and oxygen atoms in total. The van der Waals surface area contributed by atoms with Gasteiger partial charge in [0, 0.05) is 18.6 Å². The number of rotatable bonds is 4. The lowest BCUT2D eigenvalue weighted by atomic mass is 9.84. The summed E-state index contributed by atoms with van der Waals surface area (Å²) in [5, 5.41) is 0. The summed E-state index contributed by atoms with van der Waals surface area (Å²) in [6.45, 7) is 0. The first-order valence-corrected chi connectivity index (χ1v) is 8.50. The Morgan fingerprint density at radius 2 is 1.67 bits per heavy atom. The van der Waals surface area contributed by atoms with E-state index in [4.69, 9.17) is 5.73 Å². The van der Waals surface area contributed by atoms with Crippen LogP contribution in [0.4, 0.5) is 0 Å². The van der Waals surface area contributed by atoms with Crippen LogP contribution in [0.5, 0.6) is 0 Å². The number of hydrogen-bond donors (Lipinski definition) is 1. The van der Waals surface area contributed by atoms with Crippen LogP contribution in [0.1, 0.15) is 37.7 Å². The molecular formula is C20H25N3O. The third-order valence-corrected chi connectivity index (χ3v) is 4.14. The molecule has 1 aromatic carbocycles. The van der Waals surface area contributed by atoms with Gasteiger partial charge in [-0.25, -0.2) is 0 Å². The molecule has 2 aromatic rings. The molecule has 1 heterocycles. The molecule has 3 rings (SSSR count). The average Bonchev–Trinajstić information content (AvgIpc) is 2.65. The minimum Gasteiger partial charge on any atom is -0.368 e. The Morgan fingerprint density at radius 3 is 2.17 bits per heavy atom. The molecule has 0 radical (unpaired) electrons. The zero-order valence-electron chi connectivity index (χ0n) is 13.9. The van der Waals surface area contributed by atoms with Crippen LogP contribution in [0.25, 0.3) is 0 Å². The first-order chi connectivity index (χ1) is 11.8. The van der Waals surface area contributed by atoms with E-state index in [0.29, 0.717) is 5.92 Å². The first-order valence-electron chi connectivity index (χ1n) is 8.50. The van der Waals surface area contributed by atoms with Gasteiger partial charge in [-0.15, -0.1) is 0 Å². The van der Waals surface area contributed by atoms with Crippen LogP contribution in [0.2, 0.25) is 0 Å². The van der Waals surface area contributed by atoms with Gasteiger partial charge in [0.2, 0.25) is 5.91 Å². The predicted molar refractivity (Wildman–Crippen MR) is 97.8 cm³/mol. The van der Waals surface area contributed by atoms with Crippen LogP contribution in [-0.2, 0) is 4.79 Å². The van der Waals surface area contributed by atoms with Crippen molar-refractivity contribution in [3.63, 3.8) is 0 Å². The van der Waals surface area contributed by atoms with E-state index < -0.39 is 0 Å². The highest BCUT2D eigenvalue weighted by Gasteiger charge is 2.26. The number of nitrogens with zero attached hydrogens (tertiary/aromatic N) is 2. The Hall–Kier alpha value is -2.49. The van der Waals surface area contributed by atoms with E-state index in [1.165, 1.54) is 19.3 Å².